The molecular weight excluding hydrogens is 198 g/mol. The van der Waals surface area contributed by atoms with Crippen molar-refractivity contribution in [3.05, 3.63) is 11.6 Å². The largest absolute Gasteiger partial charge is 0.310 e. The number of hydrogen-bond acceptors (Lipinski definition) is 2. The Morgan fingerprint density at radius 2 is 2.19 bits per heavy atom. The lowest BCUT2D eigenvalue weighted by Gasteiger charge is -2.20. The minimum Gasteiger partial charge on any atom is -0.310 e. The maximum Gasteiger partial charge on any atom is 0.163 e. The third-order valence-electron chi connectivity index (χ3n) is 4.49. The van der Waals surface area contributed by atoms with Crippen molar-refractivity contribution in [2.75, 3.05) is 0 Å². The van der Waals surface area contributed by atoms with Crippen molar-refractivity contribution in [1.82, 2.24) is 5.32 Å². The van der Waals surface area contributed by atoms with Gasteiger partial charge in [0.15, 0.2) is 5.78 Å². The van der Waals surface area contributed by atoms with Gasteiger partial charge in [0.05, 0.1) is 0 Å². The topological polar surface area (TPSA) is 29.1 Å². The van der Waals surface area contributed by atoms with Crippen molar-refractivity contribution in [2.45, 2.75) is 63.5 Å². The van der Waals surface area contributed by atoms with E-state index in [4.69, 9.17) is 0 Å². The molecule has 2 bridgehead atoms. The molecule has 2 heterocycles. The van der Waals surface area contributed by atoms with E-state index in [1.54, 1.807) is 0 Å². The first-order chi connectivity index (χ1) is 7.84. The molecule has 1 aliphatic carbocycles. The predicted molar refractivity (Wildman–Crippen MR) is 64.2 cm³/mol. The molecule has 2 saturated heterocycles. The van der Waals surface area contributed by atoms with Gasteiger partial charge in [-0.25, -0.2) is 0 Å². The van der Waals surface area contributed by atoms with E-state index >= 15 is 0 Å². The third-order valence-corrected chi connectivity index (χ3v) is 4.49. The van der Waals surface area contributed by atoms with Gasteiger partial charge in [-0.05, 0) is 50.5 Å². The number of nitrogens with one attached hydrogen (secondary N) is 1. The molecular formula is C14H21NO. The lowest BCUT2D eigenvalue weighted by Crippen LogP contribution is -2.29. The predicted octanol–water partition coefficient (Wildman–Crippen LogP) is 2.59. The van der Waals surface area contributed by atoms with Gasteiger partial charge in [0, 0.05) is 18.0 Å². The second kappa shape index (κ2) is 4.33. The van der Waals surface area contributed by atoms with E-state index in [2.05, 4.69) is 11.4 Å². The van der Waals surface area contributed by atoms with Crippen LogP contribution in [0.4, 0.5) is 0 Å². The number of ketones is 1. The van der Waals surface area contributed by atoms with Gasteiger partial charge in [-0.15, -0.1) is 0 Å². The van der Waals surface area contributed by atoms with Crippen LogP contribution in [0.15, 0.2) is 11.6 Å². The first-order valence-corrected chi connectivity index (χ1v) is 6.84. The Morgan fingerprint density at radius 3 is 2.94 bits per heavy atom. The maximum absolute atomic E-state index is 12.4. The van der Waals surface area contributed by atoms with Crippen LogP contribution >= 0.6 is 0 Å². The summed E-state index contributed by atoms with van der Waals surface area (Å²) in [6, 6.07) is 1.15. The zero-order chi connectivity index (χ0) is 11.0. The van der Waals surface area contributed by atoms with E-state index in [1.165, 1.54) is 32.1 Å². The van der Waals surface area contributed by atoms with Crippen LogP contribution in [0, 0.1) is 5.92 Å². The van der Waals surface area contributed by atoms with Gasteiger partial charge in [-0.1, -0.05) is 12.5 Å². The highest BCUT2D eigenvalue weighted by atomic mass is 16.1. The molecule has 2 fully saturated rings. The van der Waals surface area contributed by atoms with E-state index in [-0.39, 0.29) is 0 Å². The lowest BCUT2D eigenvalue weighted by molar-refractivity contribution is -0.119. The molecule has 0 aromatic carbocycles. The molecule has 16 heavy (non-hydrogen) atoms. The molecule has 3 atom stereocenters. The SMILES string of the molecule is O=C(C1=CCCCCC1)C1CC2CCC1N2. The summed E-state index contributed by atoms with van der Waals surface area (Å²) < 4.78 is 0. The number of hydrogen-bond donors (Lipinski definition) is 1. The van der Waals surface area contributed by atoms with Gasteiger partial charge < -0.3 is 5.32 Å². The molecule has 0 radical (unpaired) electrons. The van der Waals surface area contributed by atoms with Gasteiger partial charge in [-0.3, -0.25) is 4.79 Å². The van der Waals surface area contributed by atoms with Crippen molar-refractivity contribution < 1.29 is 4.79 Å². The number of carbonyl (C=O) groups is 1. The summed E-state index contributed by atoms with van der Waals surface area (Å²) in [6.07, 6.45) is 11.8. The summed E-state index contributed by atoms with van der Waals surface area (Å²) in [5.41, 5.74) is 1.15. The molecule has 3 aliphatic rings. The molecule has 2 heteroatoms. The second-order valence-corrected chi connectivity index (χ2v) is 5.58. The molecule has 3 unspecified atom stereocenters. The highest BCUT2D eigenvalue weighted by molar-refractivity contribution is 5.98. The van der Waals surface area contributed by atoms with Crippen molar-refractivity contribution >= 4 is 5.78 Å². The zero-order valence-electron chi connectivity index (χ0n) is 9.87. The fraction of sp³-hybridized carbons (Fsp3) is 0.786. The Balaban J connectivity index is 1.70. The van der Waals surface area contributed by atoms with Gasteiger partial charge in [-0.2, -0.15) is 0 Å². The highest BCUT2D eigenvalue weighted by Crippen LogP contribution is 2.36. The smallest absolute Gasteiger partial charge is 0.163 e. The summed E-state index contributed by atoms with van der Waals surface area (Å²) in [4.78, 5) is 12.4. The number of rotatable bonds is 2. The molecule has 0 aromatic heterocycles. The Morgan fingerprint density at radius 1 is 1.25 bits per heavy atom. The number of allylic oxidation sites excluding steroid dienone is 2. The molecule has 2 nitrogen and oxygen atoms in total. The van der Waals surface area contributed by atoms with Gasteiger partial charge in [0.25, 0.3) is 0 Å². The van der Waals surface area contributed by atoms with E-state index in [1.807, 2.05) is 0 Å². The van der Waals surface area contributed by atoms with Crippen molar-refractivity contribution in [3.8, 4) is 0 Å². The molecule has 2 aliphatic heterocycles. The summed E-state index contributed by atoms with van der Waals surface area (Å²) in [5, 5.41) is 3.57. The average Bonchev–Trinajstić information content (AvgIpc) is 2.82. The van der Waals surface area contributed by atoms with Crippen LogP contribution in [0.3, 0.4) is 0 Å². The van der Waals surface area contributed by atoms with Gasteiger partial charge in [0.1, 0.15) is 0 Å². The van der Waals surface area contributed by atoms with Gasteiger partial charge >= 0.3 is 0 Å². The molecule has 3 rings (SSSR count). The maximum atomic E-state index is 12.4. The van der Waals surface area contributed by atoms with Crippen LogP contribution < -0.4 is 5.32 Å². The summed E-state index contributed by atoms with van der Waals surface area (Å²) >= 11 is 0. The second-order valence-electron chi connectivity index (χ2n) is 5.58. The first kappa shape index (κ1) is 10.5. The van der Waals surface area contributed by atoms with E-state index in [0.29, 0.717) is 23.8 Å². The molecule has 0 spiro atoms. The number of fused-ring (bicyclic) bond motifs is 2. The van der Waals surface area contributed by atoms with Crippen LogP contribution in [-0.4, -0.2) is 17.9 Å². The summed E-state index contributed by atoms with van der Waals surface area (Å²) in [7, 11) is 0. The Bertz CT molecular complexity index is 321. The monoisotopic (exact) mass is 219 g/mol. The highest BCUT2D eigenvalue weighted by Gasteiger charge is 2.43. The van der Waals surface area contributed by atoms with Crippen LogP contribution in [0.5, 0.6) is 0 Å². The number of Topliss-reactive ketones (excluding diaryl/α,β-unsaturated/α-hetero) is 1. The Kier molecular flexibility index (Phi) is 2.84. The average molecular weight is 219 g/mol. The van der Waals surface area contributed by atoms with E-state index < -0.39 is 0 Å². The molecule has 0 aromatic rings. The fourth-order valence-corrected chi connectivity index (χ4v) is 3.59. The third kappa shape index (κ3) is 1.84. The molecule has 1 N–H and O–H groups in total. The minimum absolute atomic E-state index is 0.308. The van der Waals surface area contributed by atoms with Crippen LogP contribution in [0.1, 0.15) is 51.4 Å². The zero-order valence-corrected chi connectivity index (χ0v) is 9.87. The summed E-state index contributed by atoms with van der Waals surface area (Å²) in [5.74, 6) is 0.782. The van der Waals surface area contributed by atoms with Crippen molar-refractivity contribution in [2.24, 2.45) is 5.92 Å². The standard InChI is InChI=1S/C14H21NO/c16-14(10-5-3-1-2-4-6-10)12-9-11-7-8-13(12)15-11/h5,11-13,15H,1-4,6-9H2. The summed E-state index contributed by atoms with van der Waals surface area (Å²) in [6.45, 7) is 0. The minimum atomic E-state index is 0.308. The van der Waals surface area contributed by atoms with Crippen LogP contribution in [-0.2, 0) is 4.79 Å². The molecule has 0 saturated carbocycles. The first-order valence-electron chi connectivity index (χ1n) is 6.84. The Hall–Kier alpha value is -0.630. The van der Waals surface area contributed by atoms with E-state index in [9.17, 15) is 4.79 Å². The van der Waals surface area contributed by atoms with Crippen LogP contribution in [0.25, 0.3) is 0 Å². The Labute approximate surface area is 97.5 Å². The van der Waals surface area contributed by atoms with Crippen molar-refractivity contribution in [1.29, 1.82) is 0 Å². The lowest BCUT2D eigenvalue weighted by atomic mass is 9.82. The quantitative estimate of drug-likeness (QED) is 0.773. The van der Waals surface area contributed by atoms with Crippen LogP contribution in [0.2, 0.25) is 0 Å². The van der Waals surface area contributed by atoms with Crippen molar-refractivity contribution in [3.63, 3.8) is 0 Å². The van der Waals surface area contributed by atoms with E-state index in [0.717, 1.165) is 24.8 Å². The number of carbonyl (C=O) groups excluding carboxylic acids is 1. The van der Waals surface area contributed by atoms with Gasteiger partial charge in [0.2, 0.25) is 0 Å². The molecule has 0 amide bonds. The fourth-order valence-electron chi connectivity index (χ4n) is 3.59. The molecule has 88 valence electrons. The normalized spacial score (nSPS) is 38.2.